The van der Waals surface area contributed by atoms with Gasteiger partial charge in [-0.2, -0.15) is 0 Å². The summed E-state index contributed by atoms with van der Waals surface area (Å²) in [6, 6.07) is 13.6. The number of aryl methyl sites for hydroxylation is 1. The zero-order chi connectivity index (χ0) is 21.4. The van der Waals surface area contributed by atoms with E-state index >= 15 is 0 Å². The van der Waals surface area contributed by atoms with Crippen LogP contribution in [0.3, 0.4) is 0 Å². The Balaban J connectivity index is 1.29. The van der Waals surface area contributed by atoms with Crippen molar-refractivity contribution in [2.75, 3.05) is 13.1 Å². The highest BCUT2D eigenvalue weighted by Crippen LogP contribution is 2.28. The van der Waals surface area contributed by atoms with Gasteiger partial charge >= 0.3 is 0 Å². The van der Waals surface area contributed by atoms with E-state index in [4.69, 9.17) is 16.0 Å². The van der Waals surface area contributed by atoms with Crippen LogP contribution >= 0.6 is 11.6 Å². The molecule has 4 aromatic rings. The SMILES string of the molecule is Cc1cccc2nc(C(=O)N3CCCC(c4ncc(Cc5ccc(Cl)cc5)o4)C3)cn12. The molecule has 5 rings (SSSR count). The molecule has 3 aromatic heterocycles. The van der Waals surface area contributed by atoms with Gasteiger partial charge in [0.15, 0.2) is 5.89 Å². The third-order valence-corrected chi connectivity index (χ3v) is 6.09. The average molecular weight is 435 g/mol. The zero-order valence-electron chi connectivity index (χ0n) is 17.3. The van der Waals surface area contributed by atoms with Crippen molar-refractivity contribution in [3.8, 4) is 0 Å². The van der Waals surface area contributed by atoms with Gasteiger partial charge in [0.25, 0.3) is 5.91 Å². The van der Waals surface area contributed by atoms with Crippen LogP contribution in [0, 0.1) is 6.92 Å². The molecule has 7 heteroatoms. The molecule has 6 nitrogen and oxygen atoms in total. The number of aromatic nitrogens is 3. The minimum Gasteiger partial charge on any atom is -0.445 e. The normalized spacial score (nSPS) is 16.7. The van der Waals surface area contributed by atoms with Crippen LogP contribution in [-0.2, 0) is 6.42 Å². The van der Waals surface area contributed by atoms with E-state index in [2.05, 4.69) is 9.97 Å². The maximum absolute atomic E-state index is 13.1. The summed E-state index contributed by atoms with van der Waals surface area (Å²) < 4.78 is 8.00. The molecule has 4 heterocycles. The molecule has 1 unspecified atom stereocenters. The van der Waals surface area contributed by atoms with Gasteiger partial charge in [-0.05, 0) is 49.6 Å². The first kappa shape index (κ1) is 19.8. The standard InChI is InChI=1S/C24H23ClN4O2/c1-16-4-2-6-22-27-21(15-29(16)22)24(30)28-11-3-5-18(14-28)23-26-13-20(31-23)12-17-7-9-19(25)10-8-17/h2,4,6-10,13,15,18H,3,5,11-12,14H2,1H3. The van der Waals surface area contributed by atoms with Gasteiger partial charge in [0.2, 0.25) is 0 Å². The smallest absolute Gasteiger partial charge is 0.274 e. The second-order valence-corrected chi connectivity index (χ2v) is 8.52. The van der Waals surface area contributed by atoms with Crippen molar-refractivity contribution in [1.29, 1.82) is 0 Å². The first-order valence-electron chi connectivity index (χ1n) is 10.5. The van der Waals surface area contributed by atoms with Crippen molar-refractivity contribution in [2.24, 2.45) is 0 Å². The topological polar surface area (TPSA) is 63.6 Å². The third-order valence-electron chi connectivity index (χ3n) is 5.84. The molecule has 0 aliphatic carbocycles. The maximum atomic E-state index is 13.1. The number of hydrogen-bond acceptors (Lipinski definition) is 4. The van der Waals surface area contributed by atoms with E-state index in [0.717, 1.165) is 47.1 Å². The van der Waals surface area contributed by atoms with Crippen LogP contribution in [0.2, 0.25) is 5.02 Å². The number of fused-ring (bicyclic) bond motifs is 1. The van der Waals surface area contributed by atoms with Gasteiger partial charge in [0.1, 0.15) is 17.1 Å². The first-order chi connectivity index (χ1) is 15.1. The van der Waals surface area contributed by atoms with Crippen LogP contribution in [0.25, 0.3) is 5.65 Å². The van der Waals surface area contributed by atoms with E-state index in [1.54, 1.807) is 6.20 Å². The molecule has 1 atom stereocenters. The van der Waals surface area contributed by atoms with Crippen molar-refractivity contribution >= 4 is 23.2 Å². The molecule has 1 amide bonds. The summed E-state index contributed by atoms with van der Waals surface area (Å²) in [5.41, 5.74) is 3.44. The lowest BCUT2D eigenvalue weighted by atomic mass is 9.98. The van der Waals surface area contributed by atoms with Crippen molar-refractivity contribution < 1.29 is 9.21 Å². The van der Waals surface area contributed by atoms with Gasteiger partial charge in [-0.3, -0.25) is 4.79 Å². The van der Waals surface area contributed by atoms with Crippen LogP contribution in [-0.4, -0.2) is 38.3 Å². The largest absolute Gasteiger partial charge is 0.445 e. The highest BCUT2D eigenvalue weighted by atomic mass is 35.5. The van der Waals surface area contributed by atoms with Crippen LogP contribution in [0.4, 0.5) is 0 Å². The Morgan fingerprint density at radius 1 is 1.23 bits per heavy atom. The number of likely N-dealkylation sites (tertiary alicyclic amines) is 1. The molecule has 158 valence electrons. The number of piperidine rings is 1. The second kappa shape index (κ2) is 8.19. The fourth-order valence-corrected chi connectivity index (χ4v) is 4.30. The van der Waals surface area contributed by atoms with E-state index in [0.29, 0.717) is 24.6 Å². The Morgan fingerprint density at radius 3 is 2.87 bits per heavy atom. The van der Waals surface area contributed by atoms with Gasteiger partial charge in [0.05, 0.1) is 12.1 Å². The predicted molar refractivity (Wildman–Crippen MR) is 119 cm³/mol. The van der Waals surface area contributed by atoms with Crippen LogP contribution in [0.15, 0.2) is 59.3 Å². The number of carbonyl (C=O) groups is 1. The molecule has 31 heavy (non-hydrogen) atoms. The van der Waals surface area contributed by atoms with Crippen molar-refractivity contribution in [1.82, 2.24) is 19.3 Å². The molecule has 0 N–H and O–H groups in total. The van der Waals surface area contributed by atoms with E-state index < -0.39 is 0 Å². The summed E-state index contributed by atoms with van der Waals surface area (Å²) in [5.74, 6) is 1.57. The molecule has 1 saturated heterocycles. The van der Waals surface area contributed by atoms with E-state index in [1.807, 2.05) is 64.9 Å². The van der Waals surface area contributed by atoms with E-state index in [-0.39, 0.29) is 11.8 Å². The number of carbonyl (C=O) groups excluding carboxylic acids is 1. The Labute approximate surface area is 185 Å². The predicted octanol–water partition coefficient (Wildman–Crippen LogP) is 4.89. The minimum atomic E-state index is -0.0410. The summed E-state index contributed by atoms with van der Waals surface area (Å²) in [7, 11) is 0. The zero-order valence-corrected chi connectivity index (χ0v) is 18.0. The van der Waals surface area contributed by atoms with Crippen LogP contribution in [0.1, 0.15) is 52.2 Å². The molecule has 1 aliphatic rings. The highest BCUT2D eigenvalue weighted by Gasteiger charge is 2.29. The second-order valence-electron chi connectivity index (χ2n) is 8.08. The number of benzene rings is 1. The molecule has 1 aromatic carbocycles. The Hall–Kier alpha value is -3.12. The fourth-order valence-electron chi connectivity index (χ4n) is 4.17. The quantitative estimate of drug-likeness (QED) is 0.458. The van der Waals surface area contributed by atoms with Gasteiger partial charge in [-0.15, -0.1) is 0 Å². The molecule has 0 bridgehead atoms. The summed E-state index contributed by atoms with van der Waals surface area (Å²) in [6.45, 7) is 3.32. The number of imidazole rings is 1. The number of amides is 1. The molecule has 0 saturated carbocycles. The first-order valence-corrected chi connectivity index (χ1v) is 10.9. The van der Waals surface area contributed by atoms with Gasteiger partial charge in [-0.1, -0.05) is 29.8 Å². The number of rotatable bonds is 4. The molecular formula is C24H23ClN4O2. The Kier molecular flexibility index (Phi) is 5.24. The average Bonchev–Trinajstić information content (AvgIpc) is 3.43. The number of oxazole rings is 1. The number of nitrogens with zero attached hydrogens (tertiary/aromatic N) is 4. The van der Waals surface area contributed by atoms with Crippen molar-refractivity contribution in [3.63, 3.8) is 0 Å². The molecular weight excluding hydrogens is 412 g/mol. The van der Waals surface area contributed by atoms with Gasteiger partial charge in [0, 0.05) is 36.4 Å². The molecule has 1 fully saturated rings. The molecule has 1 aliphatic heterocycles. The number of pyridine rings is 1. The third kappa shape index (κ3) is 4.08. The van der Waals surface area contributed by atoms with Crippen molar-refractivity contribution in [2.45, 2.75) is 32.1 Å². The van der Waals surface area contributed by atoms with Crippen molar-refractivity contribution in [3.05, 3.63) is 88.5 Å². The number of hydrogen-bond donors (Lipinski definition) is 0. The lowest BCUT2D eigenvalue weighted by Crippen LogP contribution is -2.39. The van der Waals surface area contributed by atoms with Gasteiger partial charge in [-0.25, -0.2) is 9.97 Å². The molecule has 0 spiro atoms. The molecule has 0 radical (unpaired) electrons. The highest BCUT2D eigenvalue weighted by molar-refractivity contribution is 6.30. The lowest BCUT2D eigenvalue weighted by Gasteiger charge is -2.30. The van der Waals surface area contributed by atoms with Crippen LogP contribution < -0.4 is 0 Å². The maximum Gasteiger partial charge on any atom is 0.274 e. The number of halogens is 1. The monoisotopic (exact) mass is 434 g/mol. The van der Waals surface area contributed by atoms with Crippen LogP contribution in [0.5, 0.6) is 0 Å². The fraction of sp³-hybridized carbons (Fsp3) is 0.292. The summed E-state index contributed by atoms with van der Waals surface area (Å²) in [5, 5.41) is 0.717. The van der Waals surface area contributed by atoms with E-state index in [9.17, 15) is 4.79 Å². The Bertz CT molecular complexity index is 1230. The minimum absolute atomic E-state index is 0.0410. The Morgan fingerprint density at radius 2 is 2.06 bits per heavy atom. The van der Waals surface area contributed by atoms with E-state index in [1.165, 1.54) is 0 Å². The summed E-state index contributed by atoms with van der Waals surface area (Å²) in [6.07, 6.45) is 6.15. The summed E-state index contributed by atoms with van der Waals surface area (Å²) >= 11 is 5.96. The summed E-state index contributed by atoms with van der Waals surface area (Å²) in [4.78, 5) is 24.0. The van der Waals surface area contributed by atoms with Gasteiger partial charge < -0.3 is 13.7 Å². The lowest BCUT2D eigenvalue weighted by molar-refractivity contribution is 0.0692.